The summed E-state index contributed by atoms with van der Waals surface area (Å²) in [7, 11) is 6.19. The third-order valence-electron chi connectivity index (χ3n) is 7.66. The van der Waals surface area contributed by atoms with Gasteiger partial charge in [-0.1, -0.05) is 0 Å². The number of amides is 2. The summed E-state index contributed by atoms with van der Waals surface area (Å²) in [4.78, 5) is 24.4. The predicted octanol–water partition coefficient (Wildman–Crippen LogP) is 2.66. The number of hydrogen-bond acceptors (Lipinski definition) is 6. The maximum Gasteiger partial charge on any atom is 0.322 e. The highest BCUT2D eigenvalue weighted by atomic mass is 16.2. The van der Waals surface area contributed by atoms with Crippen molar-refractivity contribution in [1.82, 2.24) is 34.8 Å². The van der Waals surface area contributed by atoms with Crippen LogP contribution in [0.25, 0.3) is 22.3 Å². The number of aryl methyl sites for hydroxylation is 1. The summed E-state index contributed by atoms with van der Waals surface area (Å²) in [5.41, 5.74) is 3.21. The molecule has 2 amide bonds. The number of piperidine rings is 1. The van der Waals surface area contributed by atoms with Gasteiger partial charge in [-0.15, -0.1) is 0 Å². The normalized spacial score (nSPS) is 20.0. The zero-order valence-electron chi connectivity index (χ0n) is 19.5. The van der Waals surface area contributed by atoms with Gasteiger partial charge in [0.25, 0.3) is 0 Å². The van der Waals surface area contributed by atoms with Crippen LogP contribution in [0.15, 0.2) is 18.5 Å². The van der Waals surface area contributed by atoms with Gasteiger partial charge in [0.05, 0.1) is 28.5 Å². The number of nitrogens with zero attached hydrogens (tertiary/aromatic N) is 7. The highest BCUT2D eigenvalue weighted by Gasteiger charge is 2.51. The molecule has 1 aliphatic carbocycles. The molecular formula is C23H31N9O. The van der Waals surface area contributed by atoms with Crippen molar-refractivity contribution in [1.29, 1.82) is 0 Å². The molecule has 6 rings (SSSR count). The number of pyridine rings is 1. The van der Waals surface area contributed by atoms with Crippen molar-refractivity contribution in [2.75, 3.05) is 43.9 Å². The van der Waals surface area contributed by atoms with Crippen LogP contribution in [0.2, 0.25) is 0 Å². The van der Waals surface area contributed by atoms with Crippen molar-refractivity contribution >= 4 is 28.4 Å². The Bertz CT molecular complexity index is 1200. The summed E-state index contributed by atoms with van der Waals surface area (Å²) >= 11 is 0. The van der Waals surface area contributed by atoms with E-state index in [1.54, 1.807) is 6.20 Å². The molecule has 2 aliphatic heterocycles. The van der Waals surface area contributed by atoms with Crippen LogP contribution >= 0.6 is 0 Å². The largest absolute Gasteiger partial charge is 0.351 e. The minimum atomic E-state index is -0.0352. The zero-order chi connectivity index (χ0) is 22.7. The Kier molecular flexibility index (Phi) is 4.62. The monoisotopic (exact) mass is 449 g/mol. The first kappa shape index (κ1) is 20.5. The fraction of sp³-hybridized carbons (Fsp3) is 0.565. The van der Waals surface area contributed by atoms with E-state index in [9.17, 15) is 4.79 Å². The van der Waals surface area contributed by atoms with Crippen LogP contribution in [0.3, 0.4) is 0 Å². The van der Waals surface area contributed by atoms with Gasteiger partial charge in [0.2, 0.25) is 0 Å². The summed E-state index contributed by atoms with van der Waals surface area (Å²) in [6.07, 6.45) is 9.18. The average Bonchev–Trinajstić information content (AvgIpc) is 3.23. The molecule has 0 unspecified atom stereocenters. The van der Waals surface area contributed by atoms with Crippen LogP contribution < -0.4 is 10.2 Å². The molecule has 1 saturated carbocycles. The summed E-state index contributed by atoms with van der Waals surface area (Å²) < 4.78 is 1.90. The second-order valence-electron chi connectivity index (χ2n) is 9.98. The molecule has 10 heteroatoms. The highest BCUT2D eigenvalue weighted by molar-refractivity contribution is 5.96. The number of fused-ring (bicyclic) bond motifs is 1. The molecule has 3 aromatic heterocycles. The van der Waals surface area contributed by atoms with Crippen molar-refractivity contribution in [3.05, 3.63) is 18.5 Å². The Labute approximate surface area is 192 Å². The number of likely N-dealkylation sites (tertiary alicyclic amines) is 1. The number of aromatic amines is 1. The SMILES string of the molecule is CN(C)C1CN(c2nn(C)c3cc(-c4[nH]ncc4NC(=O)N4CCCCC45CC5)ncc23)C1. The molecule has 2 saturated heterocycles. The first-order valence-electron chi connectivity index (χ1n) is 11.8. The lowest BCUT2D eigenvalue weighted by atomic mass is 10.0. The first-order chi connectivity index (χ1) is 15.9. The lowest BCUT2D eigenvalue weighted by Gasteiger charge is -2.43. The second-order valence-corrected chi connectivity index (χ2v) is 9.98. The summed E-state index contributed by atoms with van der Waals surface area (Å²) in [5, 5.41) is 16.1. The van der Waals surface area contributed by atoms with E-state index >= 15 is 0 Å². The lowest BCUT2D eigenvalue weighted by Crippen LogP contribution is -2.57. The standard InChI is InChI=1S/C23H31N9O/c1-29(2)15-13-31(14-15)21-16-11-24-17(10-19(16)30(3)28-21)20-18(12-25-27-20)26-22(33)32-9-5-4-6-23(32)7-8-23/h10-12,15H,4-9,13-14H2,1-3H3,(H,25,27)(H,26,33). The third kappa shape index (κ3) is 3.35. The molecular weight excluding hydrogens is 418 g/mol. The molecule has 2 N–H and O–H groups in total. The number of H-pyrrole nitrogens is 1. The van der Waals surface area contributed by atoms with Gasteiger partial charge in [0.15, 0.2) is 5.82 Å². The lowest BCUT2D eigenvalue weighted by molar-refractivity contribution is 0.151. The van der Waals surface area contributed by atoms with E-state index in [4.69, 9.17) is 10.1 Å². The van der Waals surface area contributed by atoms with E-state index < -0.39 is 0 Å². The smallest absolute Gasteiger partial charge is 0.322 e. The summed E-state index contributed by atoms with van der Waals surface area (Å²) in [6, 6.07) is 2.54. The van der Waals surface area contributed by atoms with Gasteiger partial charge in [-0.3, -0.25) is 14.8 Å². The van der Waals surface area contributed by atoms with E-state index in [0.29, 0.717) is 17.4 Å². The van der Waals surface area contributed by atoms with Crippen molar-refractivity contribution in [3.8, 4) is 11.4 Å². The minimum Gasteiger partial charge on any atom is -0.351 e. The van der Waals surface area contributed by atoms with Gasteiger partial charge in [-0.05, 0) is 52.3 Å². The molecule has 33 heavy (non-hydrogen) atoms. The number of nitrogens with one attached hydrogen (secondary N) is 2. The van der Waals surface area contributed by atoms with Crippen LogP contribution in [-0.2, 0) is 7.05 Å². The van der Waals surface area contributed by atoms with E-state index in [0.717, 1.165) is 67.7 Å². The topological polar surface area (TPSA) is 98.2 Å². The number of rotatable bonds is 4. The molecule has 10 nitrogen and oxygen atoms in total. The molecule has 0 aromatic carbocycles. The van der Waals surface area contributed by atoms with Gasteiger partial charge >= 0.3 is 6.03 Å². The Balaban J connectivity index is 1.25. The average molecular weight is 450 g/mol. The fourth-order valence-corrected chi connectivity index (χ4v) is 5.30. The van der Waals surface area contributed by atoms with Crippen LogP contribution in [0, 0.1) is 0 Å². The van der Waals surface area contributed by atoms with Crippen LogP contribution in [0.5, 0.6) is 0 Å². The molecule has 174 valence electrons. The van der Waals surface area contributed by atoms with E-state index in [2.05, 4.69) is 39.4 Å². The Morgan fingerprint density at radius 1 is 1.21 bits per heavy atom. The fourth-order valence-electron chi connectivity index (χ4n) is 5.30. The Morgan fingerprint density at radius 2 is 2.03 bits per heavy atom. The second kappa shape index (κ2) is 7.44. The van der Waals surface area contributed by atoms with Crippen LogP contribution in [-0.4, -0.2) is 86.1 Å². The molecule has 1 spiro atoms. The molecule has 3 fully saturated rings. The highest BCUT2D eigenvalue weighted by Crippen LogP contribution is 2.48. The van der Waals surface area contributed by atoms with Gasteiger partial charge in [-0.25, -0.2) is 4.79 Å². The molecule has 3 aromatic rings. The van der Waals surface area contributed by atoms with E-state index in [1.807, 2.05) is 28.9 Å². The number of urea groups is 1. The molecule has 3 aliphatic rings. The molecule has 0 radical (unpaired) electrons. The van der Waals surface area contributed by atoms with Crippen molar-refractivity contribution in [2.24, 2.45) is 7.05 Å². The van der Waals surface area contributed by atoms with Crippen molar-refractivity contribution in [2.45, 2.75) is 43.7 Å². The van der Waals surface area contributed by atoms with Crippen LogP contribution in [0.4, 0.5) is 16.3 Å². The van der Waals surface area contributed by atoms with Gasteiger partial charge < -0.3 is 20.0 Å². The van der Waals surface area contributed by atoms with E-state index in [1.165, 1.54) is 6.42 Å². The Morgan fingerprint density at radius 3 is 2.79 bits per heavy atom. The summed E-state index contributed by atoms with van der Waals surface area (Å²) in [5.74, 6) is 0.975. The number of carbonyl (C=O) groups is 1. The van der Waals surface area contributed by atoms with Gasteiger partial charge in [0.1, 0.15) is 5.69 Å². The van der Waals surface area contributed by atoms with Crippen LogP contribution in [0.1, 0.15) is 32.1 Å². The molecule has 5 heterocycles. The maximum atomic E-state index is 13.1. The predicted molar refractivity (Wildman–Crippen MR) is 127 cm³/mol. The number of likely N-dealkylation sites (N-methyl/N-ethyl adjacent to an activating group) is 1. The maximum absolute atomic E-state index is 13.1. The quantitative estimate of drug-likeness (QED) is 0.636. The van der Waals surface area contributed by atoms with E-state index in [-0.39, 0.29) is 11.6 Å². The number of aromatic nitrogens is 5. The van der Waals surface area contributed by atoms with Crippen molar-refractivity contribution < 1.29 is 4.79 Å². The minimum absolute atomic E-state index is 0.0352. The number of carbonyl (C=O) groups excluding carboxylic acids is 1. The summed E-state index contributed by atoms with van der Waals surface area (Å²) in [6.45, 7) is 2.76. The number of anilines is 2. The zero-order valence-corrected chi connectivity index (χ0v) is 19.5. The molecule has 0 atom stereocenters. The third-order valence-corrected chi connectivity index (χ3v) is 7.66. The Hall–Kier alpha value is -3.14. The van der Waals surface area contributed by atoms with Gasteiger partial charge in [0, 0.05) is 44.5 Å². The molecule has 0 bridgehead atoms. The first-order valence-corrected chi connectivity index (χ1v) is 11.8. The van der Waals surface area contributed by atoms with Gasteiger partial charge in [-0.2, -0.15) is 10.2 Å². The van der Waals surface area contributed by atoms with Crippen molar-refractivity contribution in [3.63, 3.8) is 0 Å². The number of hydrogen-bond donors (Lipinski definition) is 2.